The number of carbonyl (C=O) groups is 1. The molecule has 1 saturated heterocycles. The van der Waals surface area contributed by atoms with E-state index in [1.54, 1.807) is 6.92 Å². The zero-order valence-corrected chi connectivity index (χ0v) is 26.0. The Labute approximate surface area is 252 Å². The smallest absolute Gasteiger partial charge is 0.303 e. The first-order chi connectivity index (χ1) is 20.3. The van der Waals surface area contributed by atoms with Gasteiger partial charge in [-0.25, -0.2) is 15.0 Å². The van der Waals surface area contributed by atoms with Crippen LogP contribution in [0.1, 0.15) is 74.1 Å². The second-order valence-electron chi connectivity index (χ2n) is 12.9. The van der Waals surface area contributed by atoms with Gasteiger partial charge in [-0.05, 0) is 87.0 Å². The number of aliphatic imine (C=N–C) groups is 3. The fourth-order valence-corrected chi connectivity index (χ4v) is 7.15. The van der Waals surface area contributed by atoms with E-state index in [0.29, 0.717) is 24.5 Å². The summed E-state index contributed by atoms with van der Waals surface area (Å²) in [7, 11) is 0. The van der Waals surface area contributed by atoms with Crippen LogP contribution in [-0.2, 0) is 4.79 Å². The number of rotatable bonds is 6. The summed E-state index contributed by atoms with van der Waals surface area (Å²) in [6, 6.07) is 0. The Hall–Kier alpha value is -4.04. The quantitative estimate of drug-likeness (QED) is 0.284. The molecule has 8 nitrogen and oxygen atoms in total. The van der Waals surface area contributed by atoms with Gasteiger partial charge in [0.1, 0.15) is 5.76 Å². The van der Waals surface area contributed by atoms with Gasteiger partial charge in [-0.2, -0.15) is 0 Å². The lowest BCUT2D eigenvalue weighted by atomic mass is 9.86. The number of hydrogen-bond acceptors (Lipinski definition) is 7. The molecular formula is C35H40N4O4. The highest BCUT2D eigenvalue weighted by molar-refractivity contribution is 6.21. The van der Waals surface area contributed by atoms with Crippen molar-refractivity contribution in [3.8, 4) is 0 Å². The molecule has 5 aliphatic heterocycles. The topological polar surface area (TPSA) is 127 Å². The molecule has 0 radical (unpaired) electrons. The first-order valence-electron chi connectivity index (χ1n) is 15.2. The Morgan fingerprint density at radius 3 is 2.37 bits per heavy atom. The van der Waals surface area contributed by atoms with E-state index in [2.05, 4.69) is 33.0 Å². The van der Waals surface area contributed by atoms with E-state index in [0.717, 1.165) is 85.4 Å². The summed E-state index contributed by atoms with van der Waals surface area (Å²) in [6.07, 6.45) is 7.01. The van der Waals surface area contributed by atoms with Crippen LogP contribution in [0.2, 0.25) is 0 Å². The van der Waals surface area contributed by atoms with Crippen LogP contribution in [0.4, 0.5) is 0 Å². The molecule has 1 fully saturated rings. The van der Waals surface area contributed by atoms with Crippen molar-refractivity contribution in [2.45, 2.75) is 80.3 Å². The maximum atomic E-state index is 11.6. The number of hydrogen-bond donors (Lipinski definition) is 4. The molecule has 0 aromatic heterocycles. The standard InChI is InChI=1S/C35H40N4O4/c1-15(2)10-22-17(4)24-14-29-32(20(7)40)18(5)26(37-29)12-25-16(3)21(8-9-31(42)43)34(38-25)23-11-30(41)33-19(6)27(39-35(23)33)13-28(22)36-24/h12-16,20-21,38,40-41H,8-11H2,1-7H3,(H,42,43)/t16-,20?,21-/m0/s1. The molecule has 0 aromatic rings. The Balaban J connectivity index is 1.62. The number of aliphatic hydroxyl groups is 2. The third-order valence-corrected chi connectivity index (χ3v) is 9.45. The zero-order chi connectivity index (χ0) is 30.9. The van der Waals surface area contributed by atoms with E-state index in [1.165, 1.54) is 0 Å². The van der Waals surface area contributed by atoms with E-state index in [1.807, 2.05) is 32.1 Å². The van der Waals surface area contributed by atoms with Crippen molar-refractivity contribution >= 4 is 23.1 Å². The third kappa shape index (κ3) is 4.82. The molecule has 0 amide bonds. The maximum Gasteiger partial charge on any atom is 0.303 e. The van der Waals surface area contributed by atoms with E-state index in [-0.39, 0.29) is 24.0 Å². The molecular weight excluding hydrogens is 540 g/mol. The average Bonchev–Trinajstić information content (AvgIpc) is 3.67. The first-order valence-corrected chi connectivity index (χ1v) is 15.2. The maximum absolute atomic E-state index is 11.6. The predicted molar refractivity (Wildman–Crippen MR) is 170 cm³/mol. The number of allylic oxidation sites excluding steroid dienone is 11. The highest BCUT2D eigenvalue weighted by atomic mass is 16.4. The van der Waals surface area contributed by atoms with Gasteiger partial charge in [0, 0.05) is 52.8 Å². The summed E-state index contributed by atoms with van der Waals surface area (Å²) < 4.78 is 0. The third-order valence-electron chi connectivity index (χ3n) is 9.45. The van der Waals surface area contributed by atoms with Crippen molar-refractivity contribution in [3.05, 3.63) is 91.5 Å². The summed E-state index contributed by atoms with van der Waals surface area (Å²) in [6.45, 7) is 14.3. The normalized spacial score (nSPS) is 25.4. The Morgan fingerprint density at radius 2 is 1.70 bits per heavy atom. The van der Waals surface area contributed by atoms with Crippen LogP contribution in [0.15, 0.2) is 106 Å². The van der Waals surface area contributed by atoms with E-state index in [4.69, 9.17) is 15.0 Å². The number of carboxylic acid groups (broad SMARTS) is 1. The lowest BCUT2D eigenvalue weighted by Gasteiger charge is -2.17. The van der Waals surface area contributed by atoms with Gasteiger partial charge in [-0.15, -0.1) is 0 Å². The van der Waals surface area contributed by atoms with Gasteiger partial charge in [-0.3, -0.25) is 4.79 Å². The van der Waals surface area contributed by atoms with Crippen LogP contribution in [0.5, 0.6) is 0 Å². The van der Waals surface area contributed by atoms with Crippen molar-refractivity contribution in [1.82, 2.24) is 5.32 Å². The number of aliphatic hydroxyl groups excluding tert-OH is 2. The van der Waals surface area contributed by atoms with Gasteiger partial charge in [0.15, 0.2) is 0 Å². The van der Waals surface area contributed by atoms with E-state index >= 15 is 0 Å². The number of aliphatic carboxylic acids is 1. The first kappa shape index (κ1) is 29.1. The Bertz CT molecular complexity index is 1710. The molecule has 0 saturated carbocycles. The second kappa shape index (κ2) is 10.6. The van der Waals surface area contributed by atoms with Crippen molar-refractivity contribution in [2.75, 3.05) is 0 Å². The lowest BCUT2D eigenvalue weighted by Crippen LogP contribution is -2.15. The number of carboxylic acids is 1. The summed E-state index contributed by atoms with van der Waals surface area (Å²) in [5.74, 6) is -0.231. The molecule has 3 atom stereocenters. The minimum Gasteiger partial charge on any atom is -0.511 e. The van der Waals surface area contributed by atoms with Crippen molar-refractivity contribution in [3.63, 3.8) is 0 Å². The lowest BCUT2D eigenvalue weighted by molar-refractivity contribution is -0.137. The van der Waals surface area contributed by atoms with Crippen LogP contribution in [0, 0.1) is 17.8 Å². The van der Waals surface area contributed by atoms with Crippen molar-refractivity contribution < 1.29 is 20.1 Å². The molecule has 6 rings (SSSR count). The molecule has 224 valence electrons. The average molecular weight is 581 g/mol. The summed E-state index contributed by atoms with van der Waals surface area (Å²) >= 11 is 0. The largest absolute Gasteiger partial charge is 0.511 e. The van der Waals surface area contributed by atoms with Crippen molar-refractivity contribution in [1.29, 1.82) is 0 Å². The molecule has 0 aromatic carbocycles. The summed E-state index contributed by atoms with van der Waals surface area (Å²) in [4.78, 5) is 26.8. The Morgan fingerprint density at radius 1 is 1.00 bits per heavy atom. The molecule has 4 N–H and O–H groups in total. The molecule has 8 bridgehead atoms. The minimum absolute atomic E-state index is 0.0101. The predicted octanol–water partition coefficient (Wildman–Crippen LogP) is 6.54. The van der Waals surface area contributed by atoms with Gasteiger partial charge in [0.2, 0.25) is 0 Å². The molecule has 8 heteroatoms. The summed E-state index contributed by atoms with van der Waals surface area (Å²) in [5, 5.41) is 35.2. The molecule has 1 aliphatic carbocycles. The SMILES string of the molecule is CC1=C2C=C3N=C(C=C4N=C(C=C5NC(=C6CC(O)=C1C6=N2)[C@@H](CCC(=O)O)[C@@H]5C)C(C)=C4C(C)O)C(C)=C3CC(C)C. The monoisotopic (exact) mass is 580 g/mol. The van der Waals surface area contributed by atoms with Gasteiger partial charge >= 0.3 is 5.97 Å². The van der Waals surface area contributed by atoms with Crippen molar-refractivity contribution in [2.24, 2.45) is 32.7 Å². The second-order valence-corrected chi connectivity index (χ2v) is 12.9. The van der Waals surface area contributed by atoms with Crippen LogP contribution < -0.4 is 5.32 Å². The molecule has 0 spiro atoms. The number of nitrogens with zero attached hydrogens (tertiary/aromatic N) is 3. The minimum atomic E-state index is -0.836. The van der Waals surface area contributed by atoms with Gasteiger partial charge < -0.3 is 20.6 Å². The Kier molecular flexibility index (Phi) is 7.16. The van der Waals surface area contributed by atoms with Crippen LogP contribution in [0.3, 0.4) is 0 Å². The van der Waals surface area contributed by atoms with Crippen LogP contribution >= 0.6 is 0 Å². The van der Waals surface area contributed by atoms with E-state index in [9.17, 15) is 20.1 Å². The highest BCUT2D eigenvalue weighted by Gasteiger charge is 2.41. The molecule has 6 aliphatic rings. The zero-order valence-electron chi connectivity index (χ0n) is 26.0. The van der Waals surface area contributed by atoms with E-state index < -0.39 is 12.1 Å². The fourth-order valence-electron chi connectivity index (χ4n) is 7.15. The number of fused-ring (bicyclic) bond motifs is 5. The van der Waals surface area contributed by atoms with Gasteiger partial charge in [0.05, 0.1) is 40.3 Å². The summed E-state index contributed by atoms with van der Waals surface area (Å²) in [5.41, 5.74) is 13.0. The highest BCUT2D eigenvalue weighted by Crippen LogP contribution is 2.46. The number of nitrogens with one attached hydrogen (secondary N) is 1. The molecule has 5 heterocycles. The van der Waals surface area contributed by atoms with Crippen LogP contribution in [0.25, 0.3) is 0 Å². The fraction of sp³-hybridized carbons (Fsp3) is 0.429. The van der Waals surface area contributed by atoms with Gasteiger partial charge in [-0.1, -0.05) is 20.8 Å². The van der Waals surface area contributed by atoms with Gasteiger partial charge in [0.25, 0.3) is 0 Å². The molecule has 1 unspecified atom stereocenters. The molecule has 43 heavy (non-hydrogen) atoms. The van der Waals surface area contributed by atoms with Crippen LogP contribution in [-0.4, -0.2) is 44.5 Å².